The van der Waals surface area contributed by atoms with Gasteiger partial charge in [0, 0.05) is 11.8 Å². The van der Waals surface area contributed by atoms with E-state index in [-0.39, 0.29) is 5.82 Å². The number of fused-ring (bicyclic) bond motifs is 3. The van der Waals surface area contributed by atoms with E-state index >= 15 is 0 Å². The smallest absolute Gasteiger partial charge is 0.220 e. The molecule has 0 bridgehead atoms. The zero-order valence-corrected chi connectivity index (χ0v) is 19.6. The highest BCUT2D eigenvalue weighted by Gasteiger charge is 2.28. The third kappa shape index (κ3) is 3.62. The largest absolute Gasteiger partial charge is 0.330 e. The van der Waals surface area contributed by atoms with Crippen molar-refractivity contribution in [1.29, 1.82) is 0 Å². The number of hydrogen-bond donors (Lipinski definition) is 1. The summed E-state index contributed by atoms with van der Waals surface area (Å²) in [6.07, 6.45) is 5.87. The second kappa shape index (κ2) is 8.04. The molecule has 0 saturated heterocycles. The van der Waals surface area contributed by atoms with Crippen LogP contribution in [0, 0.1) is 45.3 Å². The quantitative estimate of drug-likeness (QED) is 0.392. The maximum atomic E-state index is 14.4. The summed E-state index contributed by atoms with van der Waals surface area (Å²) in [6.45, 7) is 9.20. The molecule has 4 nitrogen and oxygen atoms in total. The van der Waals surface area contributed by atoms with Gasteiger partial charge in [0.15, 0.2) is 0 Å². The van der Waals surface area contributed by atoms with Gasteiger partial charge in [0.25, 0.3) is 0 Å². The van der Waals surface area contributed by atoms with E-state index in [1.807, 2.05) is 6.07 Å². The molecular weight excluding hydrogens is 399 g/mol. The topological polar surface area (TPSA) is 48.2 Å². The van der Waals surface area contributed by atoms with Crippen molar-refractivity contribution < 1.29 is 4.39 Å². The lowest BCUT2D eigenvalue weighted by molar-refractivity contribution is 0.423. The van der Waals surface area contributed by atoms with E-state index in [9.17, 15) is 4.39 Å². The highest BCUT2D eigenvalue weighted by atomic mass is 19.1. The first-order valence-electron chi connectivity index (χ1n) is 11.8. The summed E-state index contributed by atoms with van der Waals surface area (Å²) in [6, 6.07) is 9.50. The molecule has 1 fully saturated rings. The molecule has 1 atom stereocenters. The summed E-state index contributed by atoms with van der Waals surface area (Å²) in [4.78, 5) is 5.04. The molecule has 1 unspecified atom stereocenters. The van der Waals surface area contributed by atoms with Crippen LogP contribution in [-0.2, 0) is 6.42 Å². The second-order valence-electron chi connectivity index (χ2n) is 9.82. The first kappa shape index (κ1) is 21.2. The van der Waals surface area contributed by atoms with Crippen LogP contribution in [0.1, 0.15) is 53.8 Å². The molecule has 2 aromatic carbocycles. The van der Waals surface area contributed by atoms with Gasteiger partial charge in [-0.05, 0) is 88.6 Å². The van der Waals surface area contributed by atoms with Crippen LogP contribution >= 0.6 is 0 Å². The van der Waals surface area contributed by atoms with Gasteiger partial charge in [-0.1, -0.05) is 30.5 Å². The van der Waals surface area contributed by atoms with E-state index in [1.54, 1.807) is 12.1 Å². The molecule has 2 heterocycles. The molecule has 1 aliphatic rings. The van der Waals surface area contributed by atoms with Gasteiger partial charge >= 0.3 is 0 Å². The molecule has 1 saturated carbocycles. The first-order chi connectivity index (χ1) is 15.4. The van der Waals surface area contributed by atoms with E-state index in [0.717, 1.165) is 47.0 Å². The van der Waals surface area contributed by atoms with E-state index < -0.39 is 0 Å². The average Bonchev–Trinajstić information content (AvgIpc) is 3.41. The lowest BCUT2D eigenvalue weighted by Gasteiger charge is -2.16. The lowest BCUT2D eigenvalue weighted by Crippen LogP contribution is -2.14. The van der Waals surface area contributed by atoms with Crippen molar-refractivity contribution in [3.8, 4) is 5.69 Å². The fraction of sp³-hybridized carbons (Fsp3) is 0.444. The minimum absolute atomic E-state index is 0.220. The Kier molecular flexibility index (Phi) is 5.32. The number of halogens is 1. The van der Waals surface area contributed by atoms with Gasteiger partial charge in [-0.3, -0.25) is 8.97 Å². The van der Waals surface area contributed by atoms with Crippen molar-refractivity contribution in [3.63, 3.8) is 0 Å². The van der Waals surface area contributed by atoms with Gasteiger partial charge in [0.1, 0.15) is 5.82 Å². The number of nitrogens with zero attached hydrogens (tertiary/aromatic N) is 3. The van der Waals surface area contributed by atoms with Crippen LogP contribution in [0.25, 0.3) is 22.5 Å². The van der Waals surface area contributed by atoms with Crippen LogP contribution in [0.3, 0.4) is 0 Å². The Hall–Kier alpha value is -2.66. The molecule has 2 aromatic heterocycles. The number of rotatable bonds is 7. The minimum atomic E-state index is -0.220. The van der Waals surface area contributed by atoms with E-state index in [2.05, 4.69) is 48.8 Å². The predicted molar refractivity (Wildman–Crippen MR) is 129 cm³/mol. The van der Waals surface area contributed by atoms with Crippen LogP contribution in [0.15, 0.2) is 30.3 Å². The molecule has 0 radical (unpaired) electrons. The molecule has 0 amide bonds. The number of benzene rings is 2. The Bertz CT molecular complexity index is 1290. The van der Waals surface area contributed by atoms with Gasteiger partial charge in [-0.2, -0.15) is 0 Å². The van der Waals surface area contributed by atoms with Gasteiger partial charge in [-0.25, -0.2) is 9.37 Å². The molecule has 1 aliphatic carbocycles. The molecule has 5 heteroatoms. The fourth-order valence-electron chi connectivity index (χ4n) is 5.54. The predicted octanol–water partition coefficient (Wildman–Crippen LogP) is 5.96. The van der Waals surface area contributed by atoms with Crippen molar-refractivity contribution in [2.45, 2.75) is 59.8 Å². The van der Waals surface area contributed by atoms with Gasteiger partial charge < -0.3 is 5.73 Å². The summed E-state index contributed by atoms with van der Waals surface area (Å²) in [5.41, 5.74) is 14.8. The van der Waals surface area contributed by atoms with Crippen molar-refractivity contribution in [3.05, 3.63) is 64.2 Å². The standard InChI is InChI=1S/C27H33FN4/c1-16-11-17(2)26(18(3)12-16)32-23-8-7-22(28)15-25(23)31-24(19(4)30-27(31)32)14-21(9-10-29)13-20-5-6-20/h7-8,11-12,15,20-21H,5-6,9-10,13-14,29H2,1-4H3. The summed E-state index contributed by atoms with van der Waals surface area (Å²) >= 11 is 0. The molecule has 0 spiro atoms. The van der Waals surface area contributed by atoms with E-state index in [4.69, 9.17) is 10.7 Å². The normalized spacial score (nSPS) is 15.2. The maximum absolute atomic E-state index is 14.4. The molecule has 32 heavy (non-hydrogen) atoms. The van der Waals surface area contributed by atoms with Gasteiger partial charge in [0.05, 0.1) is 22.4 Å². The van der Waals surface area contributed by atoms with Gasteiger partial charge in [0.2, 0.25) is 5.78 Å². The van der Waals surface area contributed by atoms with Crippen molar-refractivity contribution in [2.24, 2.45) is 17.6 Å². The summed E-state index contributed by atoms with van der Waals surface area (Å²) < 4.78 is 18.8. The zero-order chi connectivity index (χ0) is 22.6. The van der Waals surface area contributed by atoms with Crippen molar-refractivity contribution in [1.82, 2.24) is 14.0 Å². The Balaban J connectivity index is 1.75. The SMILES string of the molecule is Cc1cc(C)c(-n2c3ccc(F)cc3n3c(CC(CCN)CC4CC4)c(C)nc23)c(C)c1. The van der Waals surface area contributed by atoms with Crippen LogP contribution in [0.5, 0.6) is 0 Å². The number of aryl methyl sites for hydroxylation is 4. The highest BCUT2D eigenvalue weighted by Crippen LogP contribution is 2.38. The number of aromatic nitrogens is 3. The summed E-state index contributed by atoms with van der Waals surface area (Å²) in [5, 5.41) is 0. The first-order valence-corrected chi connectivity index (χ1v) is 11.8. The third-order valence-corrected chi connectivity index (χ3v) is 7.05. The molecule has 2 N–H and O–H groups in total. The second-order valence-corrected chi connectivity index (χ2v) is 9.82. The minimum Gasteiger partial charge on any atom is -0.330 e. The Labute approximate surface area is 189 Å². The van der Waals surface area contributed by atoms with Crippen molar-refractivity contribution >= 4 is 16.8 Å². The highest BCUT2D eigenvalue weighted by molar-refractivity contribution is 5.85. The number of nitrogens with two attached hydrogens (primary N) is 1. The molecule has 4 aromatic rings. The van der Waals surface area contributed by atoms with E-state index in [1.165, 1.54) is 41.6 Å². The Morgan fingerprint density at radius 1 is 1.06 bits per heavy atom. The molecule has 168 valence electrons. The van der Waals surface area contributed by atoms with Crippen LogP contribution in [-0.4, -0.2) is 20.5 Å². The monoisotopic (exact) mass is 432 g/mol. The van der Waals surface area contributed by atoms with Crippen LogP contribution in [0.2, 0.25) is 0 Å². The van der Waals surface area contributed by atoms with Crippen molar-refractivity contribution in [2.75, 3.05) is 6.54 Å². The molecular formula is C27H33FN4. The molecule has 5 rings (SSSR count). The fourth-order valence-corrected chi connectivity index (χ4v) is 5.54. The maximum Gasteiger partial charge on any atom is 0.220 e. The van der Waals surface area contributed by atoms with Crippen LogP contribution < -0.4 is 5.73 Å². The van der Waals surface area contributed by atoms with Crippen LogP contribution in [0.4, 0.5) is 4.39 Å². The average molecular weight is 433 g/mol. The number of imidazole rings is 2. The summed E-state index contributed by atoms with van der Waals surface area (Å²) in [7, 11) is 0. The lowest BCUT2D eigenvalue weighted by atomic mass is 9.93. The molecule has 0 aliphatic heterocycles. The van der Waals surface area contributed by atoms with Gasteiger partial charge in [-0.15, -0.1) is 0 Å². The Morgan fingerprint density at radius 2 is 1.78 bits per heavy atom. The van der Waals surface area contributed by atoms with E-state index in [0.29, 0.717) is 12.5 Å². The summed E-state index contributed by atoms with van der Waals surface area (Å²) in [5.74, 6) is 2.04. The number of hydrogen-bond acceptors (Lipinski definition) is 2. The zero-order valence-electron chi connectivity index (χ0n) is 19.6. The Morgan fingerprint density at radius 3 is 2.44 bits per heavy atom. The third-order valence-electron chi connectivity index (χ3n) is 7.05.